The number of hydrogen-bond donors (Lipinski definition) is 3. The zero-order valence-corrected chi connectivity index (χ0v) is 20.5. The zero-order valence-electron chi connectivity index (χ0n) is 20.5. The number of halogens is 6. The lowest BCUT2D eigenvalue weighted by Crippen LogP contribution is -2.55. The third kappa shape index (κ3) is 5.04. The molecule has 0 aliphatic heterocycles. The summed E-state index contributed by atoms with van der Waals surface area (Å²) >= 11 is 0. The molecule has 0 saturated heterocycles. The molecular weight excluding hydrogens is 486 g/mol. The van der Waals surface area contributed by atoms with Crippen molar-refractivity contribution in [2.24, 2.45) is 22.7 Å². The second-order valence-corrected chi connectivity index (χ2v) is 11.8. The van der Waals surface area contributed by atoms with Gasteiger partial charge in [0.05, 0.1) is 12.2 Å². The van der Waals surface area contributed by atoms with E-state index < -0.39 is 30.2 Å². The highest BCUT2D eigenvalue weighted by molar-refractivity contribution is 5.27. The van der Waals surface area contributed by atoms with E-state index in [0.717, 1.165) is 56.6 Å². The van der Waals surface area contributed by atoms with Crippen molar-refractivity contribution in [3.05, 3.63) is 35.5 Å². The van der Waals surface area contributed by atoms with Gasteiger partial charge < -0.3 is 15.3 Å². The normalized spacial score (nSPS) is 37.6. The first-order chi connectivity index (χ1) is 16.6. The molecule has 4 aliphatic rings. The van der Waals surface area contributed by atoms with Gasteiger partial charge in [-0.05, 0) is 99.4 Å². The minimum absolute atomic E-state index is 0.0805. The summed E-state index contributed by atoms with van der Waals surface area (Å²) in [5, 5.41) is 29.4. The van der Waals surface area contributed by atoms with Crippen LogP contribution in [-0.2, 0) is 0 Å². The van der Waals surface area contributed by atoms with Gasteiger partial charge in [0.15, 0.2) is 0 Å². The Labute approximate surface area is 208 Å². The Morgan fingerprint density at radius 3 is 2.08 bits per heavy atom. The Morgan fingerprint density at radius 2 is 1.53 bits per heavy atom. The molecule has 3 unspecified atom stereocenters. The summed E-state index contributed by atoms with van der Waals surface area (Å²) < 4.78 is 78.3. The van der Waals surface area contributed by atoms with Crippen LogP contribution in [0.4, 0.5) is 26.3 Å². The number of fused-ring (bicyclic) bond motifs is 1. The maximum Gasteiger partial charge on any atom is 0.429 e. The minimum Gasteiger partial charge on any atom is -0.393 e. The van der Waals surface area contributed by atoms with E-state index in [0.29, 0.717) is 25.2 Å². The third-order valence-corrected chi connectivity index (χ3v) is 9.42. The van der Waals surface area contributed by atoms with Crippen LogP contribution in [-0.4, -0.2) is 45.5 Å². The Hall–Kier alpha value is -1.32. The molecule has 0 aromatic carbocycles. The van der Waals surface area contributed by atoms with Crippen molar-refractivity contribution >= 4 is 0 Å². The van der Waals surface area contributed by atoms with Crippen LogP contribution in [0.1, 0.15) is 77.6 Å². The van der Waals surface area contributed by atoms with Gasteiger partial charge in [-0.1, -0.05) is 36.3 Å². The Bertz CT molecular complexity index is 887. The number of alkyl halides is 6. The number of rotatable bonds is 5. The van der Waals surface area contributed by atoms with Crippen molar-refractivity contribution < 1.29 is 41.7 Å². The number of aliphatic hydroxyl groups is 3. The van der Waals surface area contributed by atoms with Crippen molar-refractivity contribution in [2.75, 3.05) is 0 Å². The van der Waals surface area contributed by atoms with Crippen LogP contribution in [0.5, 0.6) is 0 Å². The van der Waals surface area contributed by atoms with E-state index in [1.165, 1.54) is 5.57 Å². The summed E-state index contributed by atoms with van der Waals surface area (Å²) in [5.74, 6) is 0.495. The van der Waals surface area contributed by atoms with Crippen molar-refractivity contribution in [1.29, 1.82) is 0 Å². The van der Waals surface area contributed by atoms with Gasteiger partial charge in [0, 0.05) is 0 Å². The highest BCUT2D eigenvalue weighted by Crippen LogP contribution is 2.69. The molecule has 3 N–H and O–H groups in total. The standard InChI is InChI=1S/C27H36F6O3/c1-23-9-2-4-18(6-5-17-14-19(34)16-20(35)15-17)21(23)7-8-22(23)24(12-13-24)10-3-11-25(36,26(28,29)30)27(31,32)33/h3,5-6,11,19-22,34-36H,2,4,7-10,12-16H2,1H3/b11-3+,17-5-,18-6+/t19?,20-,21?,22?,23+/m1/s1. The van der Waals surface area contributed by atoms with Crippen LogP contribution in [0.3, 0.4) is 0 Å². The van der Waals surface area contributed by atoms with E-state index in [9.17, 15) is 41.7 Å². The lowest BCUT2D eigenvalue weighted by atomic mass is 9.59. The molecule has 9 heteroatoms. The van der Waals surface area contributed by atoms with Crippen molar-refractivity contribution in [3.8, 4) is 0 Å². The largest absolute Gasteiger partial charge is 0.429 e. The first-order valence-corrected chi connectivity index (χ1v) is 12.9. The van der Waals surface area contributed by atoms with Gasteiger partial charge in [-0.3, -0.25) is 0 Å². The molecule has 5 atom stereocenters. The molecule has 4 fully saturated rings. The highest BCUT2D eigenvalue weighted by Gasteiger charge is 2.69. The van der Waals surface area contributed by atoms with Crippen LogP contribution in [0.15, 0.2) is 35.5 Å². The second kappa shape index (κ2) is 9.45. The second-order valence-electron chi connectivity index (χ2n) is 11.8. The number of aliphatic hydroxyl groups excluding tert-OH is 2. The SMILES string of the molecule is C[C@]12CCC/C(=C\C=C3\CC(O)C[C@H](O)C3)C1CCC2C1(C/C=C/C(O)(C(F)(F)F)C(F)(F)F)CC1. The molecule has 3 nitrogen and oxygen atoms in total. The molecule has 0 aromatic rings. The van der Waals surface area contributed by atoms with Crippen molar-refractivity contribution in [3.63, 3.8) is 0 Å². The molecule has 36 heavy (non-hydrogen) atoms. The van der Waals surface area contributed by atoms with Gasteiger partial charge in [-0.15, -0.1) is 0 Å². The van der Waals surface area contributed by atoms with Crippen LogP contribution >= 0.6 is 0 Å². The monoisotopic (exact) mass is 522 g/mol. The average molecular weight is 523 g/mol. The van der Waals surface area contributed by atoms with Crippen molar-refractivity contribution in [2.45, 2.75) is 108 Å². The van der Waals surface area contributed by atoms with Gasteiger partial charge >= 0.3 is 12.4 Å². The molecule has 4 saturated carbocycles. The van der Waals surface area contributed by atoms with Crippen LogP contribution in [0, 0.1) is 22.7 Å². The first kappa shape index (κ1) is 27.7. The molecule has 0 bridgehead atoms. The Balaban J connectivity index is 1.50. The Kier molecular flexibility index (Phi) is 7.28. The molecule has 4 aliphatic carbocycles. The lowest BCUT2D eigenvalue weighted by Gasteiger charge is -2.45. The summed E-state index contributed by atoms with van der Waals surface area (Å²) in [4.78, 5) is 0. The van der Waals surface area contributed by atoms with E-state index in [4.69, 9.17) is 0 Å². The minimum atomic E-state index is -5.84. The lowest BCUT2D eigenvalue weighted by molar-refractivity contribution is -0.347. The van der Waals surface area contributed by atoms with Gasteiger partial charge in [0.1, 0.15) is 0 Å². The topological polar surface area (TPSA) is 60.7 Å². The predicted octanol–water partition coefficient (Wildman–Crippen LogP) is 6.54. The fraction of sp³-hybridized carbons (Fsp3) is 0.778. The highest BCUT2D eigenvalue weighted by atomic mass is 19.4. The van der Waals surface area contributed by atoms with Gasteiger partial charge in [-0.25, -0.2) is 0 Å². The summed E-state index contributed by atoms with van der Waals surface area (Å²) in [6, 6.07) is 0. The third-order valence-electron chi connectivity index (χ3n) is 9.42. The van der Waals surface area contributed by atoms with E-state index in [1.54, 1.807) is 0 Å². The first-order valence-electron chi connectivity index (χ1n) is 12.9. The summed E-state index contributed by atoms with van der Waals surface area (Å²) in [6.07, 6.45) is -0.0501. The molecular formula is C27H36F6O3. The summed E-state index contributed by atoms with van der Waals surface area (Å²) in [7, 11) is 0. The fourth-order valence-electron chi connectivity index (χ4n) is 7.45. The summed E-state index contributed by atoms with van der Waals surface area (Å²) in [6.45, 7) is 2.22. The smallest absolute Gasteiger partial charge is 0.393 e. The van der Waals surface area contributed by atoms with E-state index in [2.05, 4.69) is 13.0 Å². The van der Waals surface area contributed by atoms with Crippen molar-refractivity contribution in [1.82, 2.24) is 0 Å². The molecule has 204 valence electrons. The van der Waals surface area contributed by atoms with Gasteiger partial charge in [0.2, 0.25) is 0 Å². The van der Waals surface area contributed by atoms with E-state index in [1.807, 2.05) is 6.08 Å². The Morgan fingerprint density at radius 1 is 0.917 bits per heavy atom. The quantitative estimate of drug-likeness (QED) is 0.284. The summed E-state index contributed by atoms with van der Waals surface area (Å²) in [5.41, 5.74) is -2.92. The van der Waals surface area contributed by atoms with Crippen LogP contribution < -0.4 is 0 Å². The van der Waals surface area contributed by atoms with Gasteiger partial charge in [-0.2, -0.15) is 26.3 Å². The maximum atomic E-state index is 13.1. The molecule has 4 rings (SSSR count). The van der Waals surface area contributed by atoms with E-state index >= 15 is 0 Å². The van der Waals surface area contributed by atoms with Crippen LogP contribution in [0.25, 0.3) is 0 Å². The molecule has 0 radical (unpaired) electrons. The number of hydrogen-bond acceptors (Lipinski definition) is 3. The predicted molar refractivity (Wildman–Crippen MR) is 123 cm³/mol. The fourth-order valence-corrected chi connectivity index (χ4v) is 7.45. The zero-order chi connectivity index (χ0) is 26.6. The van der Waals surface area contributed by atoms with Gasteiger partial charge in [0.25, 0.3) is 5.60 Å². The average Bonchev–Trinajstić information content (AvgIpc) is 3.42. The molecule has 0 heterocycles. The van der Waals surface area contributed by atoms with E-state index in [-0.39, 0.29) is 29.2 Å². The van der Waals surface area contributed by atoms with Crippen LogP contribution in [0.2, 0.25) is 0 Å². The molecule has 0 spiro atoms. The maximum absolute atomic E-state index is 13.1. The molecule has 0 aromatic heterocycles. The molecule has 0 amide bonds. The number of allylic oxidation sites excluding steroid dienone is 4.